The normalized spacial score (nSPS) is 13.1. The maximum atomic E-state index is 12.6. The monoisotopic (exact) mass is 410 g/mol. The van der Waals surface area contributed by atoms with Gasteiger partial charge in [0.15, 0.2) is 0 Å². The van der Waals surface area contributed by atoms with Gasteiger partial charge in [0, 0.05) is 37.0 Å². The van der Waals surface area contributed by atoms with E-state index in [1.54, 1.807) is 36.3 Å². The van der Waals surface area contributed by atoms with Gasteiger partial charge in [-0.1, -0.05) is 19.8 Å². The van der Waals surface area contributed by atoms with Crippen molar-refractivity contribution >= 4 is 17.5 Å². The van der Waals surface area contributed by atoms with Crippen LogP contribution in [-0.4, -0.2) is 50.1 Å². The summed E-state index contributed by atoms with van der Waals surface area (Å²) in [6, 6.07) is 12.6. The second-order valence-corrected chi connectivity index (χ2v) is 7.44. The molecule has 1 heterocycles. The van der Waals surface area contributed by atoms with Gasteiger partial charge in [-0.2, -0.15) is 0 Å². The molecular weight excluding hydrogens is 380 g/mol. The molecule has 0 spiro atoms. The molecule has 6 nitrogen and oxygen atoms in total. The number of hydrogen-bond donors (Lipinski definition) is 1. The van der Waals surface area contributed by atoms with Crippen molar-refractivity contribution in [3.63, 3.8) is 0 Å². The number of hydrogen-bond acceptors (Lipinski definition) is 4. The summed E-state index contributed by atoms with van der Waals surface area (Å²) in [4.78, 5) is 27.0. The number of carbonyl (C=O) groups excluding carboxylic acids is 2. The molecule has 1 aliphatic rings. The van der Waals surface area contributed by atoms with Gasteiger partial charge in [0.2, 0.25) is 0 Å². The van der Waals surface area contributed by atoms with Gasteiger partial charge >= 0.3 is 0 Å². The molecule has 2 amide bonds. The van der Waals surface area contributed by atoms with Crippen molar-refractivity contribution in [2.24, 2.45) is 0 Å². The Morgan fingerprint density at radius 3 is 2.63 bits per heavy atom. The number of anilines is 1. The summed E-state index contributed by atoms with van der Waals surface area (Å²) in [6.45, 7) is 4.62. The van der Waals surface area contributed by atoms with Gasteiger partial charge in [-0.15, -0.1) is 0 Å². The van der Waals surface area contributed by atoms with Crippen LogP contribution in [0.15, 0.2) is 42.5 Å². The van der Waals surface area contributed by atoms with Crippen LogP contribution in [0.5, 0.6) is 5.75 Å². The summed E-state index contributed by atoms with van der Waals surface area (Å²) < 4.78 is 10.8. The number of benzene rings is 2. The first-order chi connectivity index (χ1) is 14.6. The van der Waals surface area contributed by atoms with Crippen LogP contribution in [0.2, 0.25) is 0 Å². The second kappa shape index (κ2) is 10.8. The summed E-state index contributed by atoms with van der Waals surface area (Å²) in [5.41, 5.74) is 2.91. The molecule has 0 fully saturated rings. The molecule has 1 aliphatic heterocycles. The zero-order valence-corrected chi connectivity index (χ0v) is 17.8. The van der Waals surface area contributed by atoms with E-state index in [1.807, 2.05) is 18.2 Å². The van der Waals surface area contributed by atoms with Gasteiger partial charge in [0.05, 0.1) is 13.2 Å². The topological polar surface area (TPSA) is 67.9 Å². The van der Waals surface area contributed by atoms with Crippen LogP contribution >= 0.6 is 0 Å². The highest BCUT2D eigenvalue weighted by atomic mass is 16.5. The zero-order chi connectivity index (χ0) is 21.3. The number of nitrogens with zero attached hydrogens (tertiary/aromatic N) is 1. The fourth-order valence-corrected chi connectivity index (χ4v) is 3.48. The predicted octanol–water partition coefficient (Wildman–Crippen LogP) is 4.15. The molecule has 0 radical (unpaired) electrons. The maximum absolute atomic E-state index is 12.6. The Bertz CT molecular complexity index is 864. The van der Waals surface area contributed by atoms with E-state index in [2.05, 4.69) is 12.2 Å². The lowest BCUT2D eigenvalue weighted by atomic mass is 9.98. The van der Waals surface area contributed by atoms with Crippen LogP contribution < -0.4 is 10.1 Å². The van der Waals surface area contributed by atoms with Gasteiger partial charge in [-0.05, 0) is 60.9 Å². The first-order valence-corrected chi connectivity index (χ1v) is 10.6. The summed E-state index contributed by atoms with van der Waals surface area (Å²) in [5.74, 6) is 0.602. The van der Waals surface area contributed by atoms with E-state index in [4.69, 9.17) is 9.47 Å². The van der Waals surface area contributed by atoms with Crippen molar-refractivity contribution in [3.05, 3.63) is 59.2 Å². The van der Waals surface area contributed by atoms with Gasteiger partial charge in [-0.25, -0.2) is 0 Å². The van der Waals surface area contributed by atoms with E-state index in [9.17, 15) is 9.59 Å². The Labute approximate surface area is 178 Å². The number of ether oxygens (including phenoxy) is 2. The van der Waals surface area contributed by atoms with E-state index in [-0.39, 0.29) is 11.8 Å². The van der Waals surface area contributed by atoms with Gasteiger partial charge in [0.25, 0.3) is 11.8 Å². The van der Waals surface area contributed by atoms with Crippen molar-refractivity contribution in [2.45, 2.75) is 32.6 Å². The first kappa shape index (κ1) is 21.8. The van der Waals surface area contributed by atoms with Crippen molar-refractivity contribution in [2.75, 3.05) is 38.7 Å². The lowest BCUT2D eigenvalue weighted by Gasteiger charge is -2.28. The molecule has 0 saturated heterocycles. The fraction of sp³-hybridized carbons (Fsp3) is 0.417. The van der Waals surface area contributed by atoms with Crippen LogP contribution in [0.25, 0.3) is 0 Å². The summed E-state index contributed by atoms with van der Waals surface area (Å²) in [5, 5.41) is 2.92. The standard InChI is InChI=1S/C24H30N2O4/c1-3-4-5-15-30-21-9-6-18(7-10-21)23(27)25-20-8-11-22-19(17-20)12-13-26(24(22)28)14-16-29-2/h6-11,17H,3-5,12-16H2,1-2H3,(H,25,27). The van der Waals surface area contributed by atoms with Crippen LogP contribution in [0.1, 0.15) is 52.5 Å². The minimum absolute atomic E-state index is 0.0145. The Morgan fingerprint density at radius 2 is 1.90 bits per heavy atom. The number of fused-ring (bicyclic) bond motifs is 1. The van der Waals surface area contributed by atoms with Crippen LogP contribution in [0, 0.1) is 0 Å². The number of rotatable bonds is 10. The Balaban J connectivity index is 1.59. The summed E-state index contributed by atoms with van der Waals surface area (Å²) >= 11 is 0. The summed E-state index contributed by atoms with van der Waals surface area (Å²) in [6.07, 6.45) is 4.10. The van der Waals surface area contributed by atoms with Crippen molar-refractivity contribution in [1.29, 1.82) is 0 Å². The quantitative estimate of drug-likeness (QED) is 0.598. The Kier molecular flexibility index (Phi) is 7.85. The number of amides is 2. The molecular formula is C24H30N2O4. The highest BCUT2D eigenvalue weighted by Crippen LogP contribution is 2.23. The fourth-order valence-electron chi connectivity index (χ4n) is 3.48. The van der Waals surface area contributed by atoms with Crippen molar-refractivity contribution < 1.29 is 19.1 Å². The Hall–Kier alpha value is -2.86. The third kappa shape index (κ3) is 5.60. The molecule has 0 aliphatic carbocycles. The highest BCUT2D eigenvalue weighted by Gasteiger charge is 2.24. The van der Waals surface area contributed by atoms with Crippen molar-refractivity contribution in [3.8, 4) is 5.75 Å². The number of carbonyl (C=O) groups is 2. The SMILES string of the molecule is CCCCCOc1ccc(C(=O)Nc2ccc3c(c2)CCN(CCOC)C3=O)cc1. The maximum Gasteiger partial charge on any atom is 0.255 e. The lowest BCUT2D eigenvalue weighted by Crippen LogP contribution is -2.39. The van der Waals surface area contributed by atoms with E-state index in [0.717, 1.165) is 37.0 Å². The molecule has 30 heavy (non-hydrogen) atoms. The van der Waals surface area contributed by atoms with Crippen molar-refractivity contribution in [1.82, 2.24) is 4.90 Å². The molecule has 160 valence electrons. The smallest absolute Gasteiger partial charge is 0.255 e. The van der Waals surface area contributed by atoms with E-state index < -0.39 is 0 Å². The predicted molar refractivity (Wildman–Crippen MR) is 117 cm³/mol. The first-order valence-electron chi connectivity index (χ1n) is 10.6. The van der Waals surface area contributed by atoms with Crippen LogP contribution in [0.3, 0.4) is 0 Å². The lowest BCUT2D eigenvalue weighted by molar-refractivity contribution is 0.0679. The summed E-state index contributed by atoms with van der Waals surface area (Å²) in [7, 11) is 1.63. The molecule has 2 aromatic carbocycles. The molecule has 0 bridgehead atoms. The highest BCUT2D eigenvalue weighted by molar-refractivity contribution is 6.05. The molecule has 0 saturated carbocycles. The van der Waals surface area contributed by atoms with Gasteiger partial charge in [0.1, 0.15) is 5.75 Å². The molecule has 2 aromatic rings. The number of methoxy groups -OCH3 is 1. The van der Waals surface area contributed by atoms with E-state index in [1.165, 1.54) is 0 Å². The molecule has 0 aromatic heterocycles. The molecule has 0 unspecified atom stereocenters. The zero-order valence-electron chi connectivity index (χ0n) is 17.8. The third-order valence-electron chi connectivity index (χ3n) is 5.23. The average Bonchev–Trinajstić information content (AvgIpc) is 2.77. The molecule has 3 rings (SSSR count). The van der Waals surface area contributed by atoms with E-state index >= 15 is 0 Å². The minimum Gasteiger partial charge on any atom is -0.494 e. The van der Waals surface area contributed by atoms with Gasteiger partial charge < -0.3 is 19.7 Å². The van der Waals surface area contributed by atoms with Gasteiger partial charge in [-0.3, -0.25) is 9.59 Å². The average molecular weight is 411 g/mol. The Morgan fingerprint density at radius 1 is 1.10 bits per heavy atom. The van der Waals surface area contributed by atoms with Crippen LogP contribution in [-0.2, 0) is 11.2 Å². The third-order valence-corrected chi connectivity index (χ3v) is 5.23. The van der Waals surface area contributed by atoms with E-state index in [0.29, 0.717) is 43.1 Å². The molecule has 6 heteroatoms. The second-order valence-electron chi connectivity index (χ2n) is 7.44. The molecule has 1 N–H and O–H groups in total. The number of nitrogens with one attached hydrogen (secondary N) is 1. The van der Waals surface area contributed by atoms with Crippen LogP contribution in [0.4, 0.5) is 5.69 Å². The molecule has 0 atom stereocenters. The minimum atomic E-state index is -0.184. The number of unbranched alkanes of at least 4 members (excludes halogenated alkanes) is 2. The largest absolute Gasteiger partial charge is 0.494 e.